The van der Waals surface area contributed by atoms with Crippen LogP contribution in [0.2, 0.25) is 0 Å². The third kappa shape index (κ3) is 4.81. The number of nitrogens with zero attached hydrogens (tertiary/aromatic N) is 1. The van der Waals surface area contributed by atoms with Gasteiger partial charge in [-0.1, -0.05) is 12.1 Å². The van der Waals surface area contributed by atoms with Crippen molar-refractivity contribution in [1.29, 1.82) is 0 Å². The molecule has 6 nitrogen and oxygen atoms in total. The minimum atomic E-state index is -3.66. The fourth-order valence-corrected chi connectivity index (χ4v) is 4.20. The molecule has 0 bridgehead atoms. The Morgan fingerprint density at radius 3 is 2.32 bits per heavy atom. The largest absolute Gasteiger partial charge is 0.326 e. The molecule has 0 saturated heterocycles. The standard InChI is InChI=1S/C11H18N2O4S2/c1-13(11-5-3-4-10(8-11)9-12)19(16,17)7-6-18(2,14)15/h3-5,8H,6-7,9,12H2,1-2H3. The number of hydrogen-bond acceptors (Lipinski definition) is 5. The Balaban J connectivity index is 2.94. The second kappa shape index (κ2) is 5.89. The molecule has 0 atom stereocenters. The van der Waals surface area contributed by atoms with E-state index in [1.165, 1.54) is 7.05 Å². The highest BCUT2D eigenvalue weighted by molar-refractivity contribution is 7.95. The smallest absolute Gasteiger partial charge is 0.235 e. The molecular formula is C11H18N2O4S2. The van der Waals surface area contributed by atoms with E-state index in [9.17, 15) is 16.8 Å². The van der Waals surface area contributed by atoms with E-state index in [0.717, 1.165) is 16.1 Å². The molecule has 8 heteroatoms. The molecule has 1 aromatic carbocycles. The predicted octanol–water partition coefficient (Wildman–Crippen LogP) is -0.0441. The third-order valence-electron chi connectivity index (χ3n) is 2.64. The van der Waals surface area contributed by atoms with Crippen molar-refractivity contribution in [3.05, 3.63) is 29.8 Å². The summed E-state index contributed by atoms with van der Waals surface area (Å²) in [5, 5.41) is 0. The van der Waals surface area contributed by atoms with Crippen LogP contribution in [0.3, 0.4) is 0 Å². The summed E-state index contributed by atoms with van der Waals surface area (Å²) in [5.74, 6) is -0.828. The molecule has 0 saturated carbocycles. The molecule has 1 aromatic rings. The lowest BCUT2D eigenvalue weighted by Crippen LogP contribution is -2.31. The molecule has 0 spiro atoms. The molecule has 2 N–H and O–H groups in total. The molecule has 0 fully saturated rings. The average Bonchev–Trinajstić information content (AvgIpc) is 2.35. The quantitative estimate of drug-likeness (QED) is 0.795. The summed E-state index contributed by atoms with van der Waals surface area (Å²) in [4.78, 5) is 0. The van der Waals surface area contributed by atoms with Gasteiger partial charge in [-0.3, -0.25) is 4.31 Å². The minimum absolute atomic E-state index is 0.311. The Morgan fingerprint density at radius 1 is 1.16 bits per heavy atom. The summed E-state index contributed by atoms with van der Waals surface area (Å²) < 4.78 is 47.2. The van der Waals surface area contributed by atoms with Crippen LogP contribution in [-0.2, 0) is 26.4 Å². The van der Waals surface area contributed by atoms with Crippen molar-refractivity contribution < 1.29 is 16.8 Å². The average molecular weight is 306 g/mol. The summed E-state index contributed by atoms with van der Waals surface area (Å²) in [6, 6.07) is 6.80. The van der Waals surface area contributed by atoms with Gasteiger partial charge in [0.1, 0.15) is 9.84 Å². The van der Waals surface area contributed by atoms with Crippen molar-refractivity contribution in [1.82, 2.24) is 0 Å². The van der Waals surface area contributed by atoms with Crippen molar-refractivity contribution in [2.24, 2.45) is 5.73 Å². The molecule has 0 radical (unpaired) electrons. The van der Waals surface area contributed by atoms with Crippen LogP contribution in [0.5, 0.6) is 0 Å². The van der Waals surface area contributed by atoms with Gasteiger partial charge < -0.3 is 5.73 Å². The van der Waals surface area contributed by atoms with E-state index in [4.69, 9.17) is 5.73 Å². The van der Waals surface area contributed by atoms with Crippen LogP contribution in [-0.4, -0.2) is 41.6 Å². The maximum absolute atomic E-state index is 12.0. The van der Waals surface area contributed by atoms with Gasteiger partial charge in [0.05, 0.1) is 17.2 Å². The van der Waals surface area contributed by atoms with E-state index >= 15 is 0 Å². The van der Waals surface area contributed by atoms with E-state index in [-0.39, 0.29) is 0 Å². The van der Waals surface area contributed by atoms with Crippen molar-refractivity contribution in [2.75, 3.05) is 29.1 Å². The lowest BCUT2D eigenvalue weighted by Gasteiger charge is -2.19. The van der Waals surface area contributed by atoms with Gasteiger partial charge in [0.25, 0.3) is 0 Å². The minimum Gasteiger partial charge on any atom is -0.326 e. The Kier molecular flexibility index (Phi) is 4.94. The fourth-order valence-electron chi connectivity index (χ4n) is 1.43. The molecule has 0 aliphatic heterocycles. The van der Waals surface area contributed by atoms with Gasteiger partial charge in [-0.2, -0.15) is 0 Å². The summed E-state index contributed by atoms with van der Waals surface area (Å²) >= 11 is 0. The van der Waals surface area contributed by atoms with E-state index < -0.39 is 31.4 Å². The van der Waals surface area contributed by atoms with Crippen molar-refractivity contribution in [2.45, 2.75) is 6.54 Å². The number of benzene rings is 1. The molecule has 108 valence electrons. The highest BCUT2D eigenvalue weighted by atomic mass is 32.2. The maximum atomic E-state index is 12.0. The Labute approximate surface area is 114 Å². The van der Waals surface area contributed by atoms with Gasteiger partial charge in [0.2, 0.25) is 10.0 Å². The van der Waals surface area contributed by atoms with Crippen LogP contribution in [0.25, 0.3) is 0 Å². The second-order valence-electron chi connectivity index (χ2n) is 4.29. The number of rotatable bonds is 6. The topological polar surface area (TPSA) is 97.5 Å². The van der Waals surface area contributed by atoms with Crippen molar-refractivity contribution >= 4 is 25.5 Å². The number of anilines is 1. The maximum Gasteiger partial charge on any atom is 0.235 e. The van der Waals surface area contributed by atoms with Gasteiger partial charge in [0.15, 0.2) is 0 Å². The van der Waals surface area contributed by atoms with Crippen LogP contribution in [0.15, 0.2) is 24.3 Å². The zero-order valence-corrected chi connectivity index (χ0v) is 12.5. The number of sulfonamides is 1. The molecule has 0 aromatic heterocycles. The summed E-state index contributed by atoms with van der Waals surface area (Å²) in [6.07, 6.45) is 1.01. The first-order valence-electron chi connectivity index (χ1n) is 5.59. The highest BCUT2D eigenvalue weighted by Crippen LogP contribution is 2.18. The summed E-state index contributed by atoms with van der Waals surface area (Å²) in [5.41, 5.74) is 6.77. The van der Waals surface area contributed by atoms with E-state index in [1.807, 2.05) is 0 Å². The van der Waals surface area contributed by atoms with Gasteiger partial charge in [-0.05, 0) is 17.7 Å². The Morgan fingerprint density at radius 2 is 1.79 bits per heavy atom. The first-order chi connectivity index (χ1) is 8.65. The molecule has 0 unspecified atom stereocenters. The first-order valence-corrected chi connectivity index (χ1v) is 9.26. The number of sulfone groups is 1. The molecule has 0 aliphatic carbocycles. The molecular weight excluding hydrogens is 288 g/mol. The lowest BCUT2D eigenvalue weighted by molar-refractivity contribution is 0.589. The molecule has 19 heavy (non-hydrogen) atoms. The number of hydrogen-bond donors (Lipinski definition) is 1. The Hall–Kier alpha value is -1.12. The van der Waals surface area contributed by atoms with Crippen LogP contribution in [0.4, 0.5) is 5.69 Å². The molecule has 0 aliphatic rings. The predicted molar refractivity (Wildman–Crippen MR) is 76.2 cm³/mol. The van der Waals surface area contributed by atoms with E-state index in [1.54, 1.807) is 24.3 Å². The zero-order chi connectivity index (χ0) is 14.7. The van der Waals surface area contributed by atoms with Crippen molar-refractivity contribution in [3.63, 3.8) is 0 Å². The van der Waals surface area contributed by atoms with E-state index in [0.29, 0.717) is 12.2 Å². The van der Waals surface area contributed by atoms with Gasteiger partial charge in [-0.25, -0.2) is 16.8 Å². The molecule has 0 heterocycles. The molecule has 1 rings (SSSR count). The van der Waals surface area contributed by atoms with Gasteiger partial charge in [-0.15, -0.1) is 0 Å². The molecule has 0 amide bonds. The first kappa shape index (κ1) is 15.9. The van der Waals surface area contributed by atoms with Crippen LogP contribution >= 0.6 is 0 Å². The fraction of sp³-hybridized carbons (Fsp3) is 0.455. The normalized spacial score (nSPS) is 12.4. The zero-order valence-electron chi connectivity index (χ0n) is 10.9. The number of nitrogens with two attached hydrogens (primary N) is 1. The van der Waals surface area contributed by atoms with Crippen LogP contribution < -0.4 is 10.0 Å². The van der Waals surface area contributed by atoms with Crippen molar-refractivity contribution in [3.8, 4) is 0 Å². The van der Waals surface area contributed by atoms with Crippen LogP contribution in [0, 0.1) is 0 Å². The third-order valence-corrected chi connectivity index (χ3v) is 5.61. The van der Waals surface area contributed by atoms with Crippen LogP contribution in [0.1, 0.15) is 5.56 Å². The van der Waals surface area contributed by atoms with Gasteiger partial charge >= 0.3 is 0 Å². The second-order valence-corrected chi connectivity index (χ2v) is 8.67. The Bertz CT molecular complexity index is 638. The summed E-state index contributed by atoms with van der Waals surface area (Å²) in [6.45, 7) is 0.311. The summed E-state index contributed by atoms with van der Waals surface area (Å²) in [7, 11) is -5.57. The highest BCUT2D eigenvalue weighted by Gasteiger charge is 2.20. The monoisotopic (exact) mass is 306 g/mol. The lowest BCUT2D eigenvalue weighted by atomic mass is 10.2. The SMILES string of the molecule is CN(c1cccc(CN)c1)S(=O)(=O)CCS(C)(=O)=O. The van der Waals surface area contributed by atoms with E-state index in [2.05, 4.69) is 0 Å². The van der Waals surface area contributed by atoms with Gasteiger partial charge in [0, 0.05) is 19.8 Å².